The number of nitrogens with one attached hydrogen (secondary N) is 1. The van der Waals surface area contributed by atoms with E-state index >= 15 is 0 Å². The van der Waals surface area contributed by atoms with Crippen LogP contribution in [0.4, 0.5) is 15.8 Å². The molecule has 0 bridgehead atoms. The van der Waals surface area contributed by atoms with E-state index in [1.807, 2.05) is 6.92 Å². The van der Waals surface area contributed by atoms with Crippen LogP contribution in [-0.2, 0) is 4.79 Å². The lowest BCUT2D eigenvalue weighted by Crippen LogP contribution is -2.38. The van der Waals surface area contributed by atoms with E-state index in [1.165, 1.54) is 17.0 Å². The number of likely N-dealkylation sites (N-methyl/N-ethyl adjacent to an activating group) is 1. The molecule has 1 aromatic carbocycles. The molecule has 1 aliphatic rings. The first-order chi connectivity index (χ1) is 9.04. The van der Waals surface area contributed by atoms with Gasteiger partial charge in [-0.2, -0.15) is 0 Å². The first-order valence-corrected chi connectivity index (χ1v) is 6.03. The molecule has 1 saturated heterocycles. The number of non-ortho nitro benzene ring substituents is 1. The van der Waals surface area contributed by atoms with Crippen LogP contribution in [0, 0.1) is 15.9 Å². The number of nitrogens with zero attached hydrogens (tertiary/aromatic N) is 2. The third-order valence-corrected chi connectivity index (χ3v) is 3.09. The molecule has 0 aliphatic carbocycles. The first-order valence-electron chi connectivity index (χ1n) is 6.03. The molecule has 0 saturated carbocycles. The largest absolute Gasteiger partial charge is 0.308 e. The Labute approximate surface area is 109 Å². The fraction of sp³-hybridized carbons (Fsp3) is 0.417. The standard InChI is InChI=1S/C12H14FN3O3/c1-2-14-10-5-6-15(12(10)17)11-4-3-8(16(18)19)7-9(11)13/h3-4,7,10,14H,2,5-6H2,1H3. The topological polar surface area (TPSA) is 75.5 Å². The number of amides is 1. The highest BCUT2D eigenvalue weighted by molar-refractivity contribution is 5.99. The van der Waals surface area contributed by atoms with Gasteiger partial charge in [0.05, 0.1) is 22.7 Å². The van der Waals surface area contributed by atoms with Gasteiger partial charge in [0.2, 0.25) is 5.91 Å². The van der Waals surface area contributed by atoms with E-state index in [0.717, 1.165) is 6.07 Å². The van der Waals surface area contributed by atoms with Crippen molar-refractivity contribution in [3.63, 3.8) is 0 Å². The van der Waals surface area contributed by atoms with Crippen LogP contribution in [0.3, 0.4) is 0 Å². The highest BCUT2D eigenvalue weighted by atomic mass is 19.1. The molecular formula is C12H14FN3O3. The average Bonchev–Trinajstić information content (AvgIpc) is 2.72. The summed E-state index contributed by atoms with van der Waals surface area (Å²) in [6.45, 7) is 2.96. The summed E-state index contributed by atoms with van der Waals surface area (Å²) in [5, 5.41) is 13.6. The minimum Gasteiger partial charge on any atom is -0.308 e. The molecule has 1 atom stereocenters. The predicted octanol–water partition coefficient (Wildman–Crippen LogP) is 1.45. The number of hydrogen-bond donors (Lipinski definition) is 1. The van der Waals surface area contributed by atoms with Gasteiger partial charge in [0.15, 0.2) is 5.82 Å². The molecule has 1 amide bonds. The fourth-order valence-corrected chi connectivity index (χ4v) is 2.18. The van der Waals surface area contributed by atoms with Crippen LogP contribution >= 0.6 is 0 Å². The third kappa shape index (κ3) is 2.55. The molecule has 7 heteroatoms. The van der Waals surface area contributed by atoms with Crippen molar-refractivity contribution in [1.29, 1.82) is 0 Å². The number of hydrogen-bond acceptors (Lipinski definition) is 4. The summed E-state index contributed by atoms with van der Waals surface area (Å²) in [5.74, 6) is -0.950. The number of rotatable bonds is 4. The third-order valence-electron chi connectivity index (χ3n) is 3.09. The number of halogens is 1. The number of anilines is 1. The number of carbonyl (C=O) groups excluding carboxylic acids is 1. The van der Waals surface area contributed by atoms with Crippen LogP contribution in [-0.4, -0.2) is 30.0 Å². The van der Waals surface area contributed by atoms with Gasteiger partial charge in [-0.1, -0.05) is 6.92 Å². The van der Waals surface area contributed by atoms with Crippen molar-refractivity contribution in [3.8, 4) is 0 Å². The lowest BCUT2D eigenvalue weighted by atomic mass is 10.2. The molecule has 19 heavy (non-hydrogen) atoms. The molecule has 0 radical (unpaired) electrons. The van der Waals surface area contributed by atoms with Crippen molar-refractivity contribution < 1.29 is 14.1 Å². The van der Waals surface area contributed by atoms with E-state index < -0.39 is 10.7 Å². The Morgan fingerprint density at radius 2 is 2.32 bits per heavy atom. The van der Waals surface area contributed by atoms with Crippen molar-refractivity contribution in [1.82, 2.24) is 5.32 Å². The van der Waals surface area contributed by atoms with Crippen molar-refractivity contribution in [3.05, 3.63) is 34.1 Å². The van der Waals surface area contributed by atoms with Crippen molar-refractivity contribution in [2.75, 3.05) is 18.0 Å². The summed E-state index contributed by atoms with van der Waals surface area (Å²) in [6.07, 6.45) is 0.600. The van der Waals surface area contributed by atoms with Gasteiger partial charge in [0.1, 0.15) is 0 Å². The normalized spacial score (nSPS) is 18.9. The van der Waals surface area contributed by atoms with E-state index in [0.29, 0.717) is 19.5 Å². The molecule has 6 nitrogen and oxygen atoms in total. The Kier molecular flexibility index (Phi) is 3.75. The molecule has 1 fully saturated rings. The van der Waals surface area contributed by atoms with Gasteiger partial charge < -0.3 is 10.2 Å². The Morgan fingerprint density at radius 1 is 1.58 bits per heavy atom. The molecule has 0 spiro atoms. The number of nitro benzene ring substituents is 1. The highest BCUT2D eigenvalue weighted by Gasteiger charge is 2.33. The molecule has 1 aliphatic heterocycles. The van der Waals surface area contributed by atoms with E-state index in [9.17, 15) is 19.3 Å². The highest BCUT2D eigenvalue weighted by Crippen LogP contribution is 2.27. The number of benzene rings is 1. The lowest BCUT2D eigenvalue weighted by Gasteiger charge is -2.17. The fourth-order valence-electron chi connectivity index (χ4n) is 2.18. The van der Waals surface area contributed by atoms with Crippen molar-refractivity contribution in [2.24, 2.45) is 0 Å². The predicted molar refractivity (Wildman–Crippen MR) is 67.5 cm³/mol. The lowest BCUT2D eigenvalue weighted by molar-refractivity contribution is -0.385. The van der Waals surface area contributed by atoms with E-state index in [1.54, 1.807) is 0 Å². The molecule has 1 N–H and O–H groups in total. The zero-order valence-corrected chi connectivity index (χ0v) is 10.4. The molecule has 1 heterocycles. The van der Waals surface area contributed by atoms with Gasteiger partial charge in [-0.25, -0.2) is 4.39 Å². The van der Waals surface area contributed by atoms with Crippen LogP contribution in [0.25, 0.3) is 0 Å². The van der Waals surface area contributed by atoms with Gasteiger partial charge in [0.25, 0.3) is 5.69 Å². The summed E-state index contributed by atoms with van der Waals surface area (Å²) in [4.78, 5) is 23.2. The summed E-state index contributed by atoms with van der Waals surface area (Å²) >= 11 is 0. The summed E-state index contributed by atoms with van der Waals surface area (Å²) < 4.78 is 13.8. The molecule has 0 aromatic heterocycles. The van der Waals surface area contributed by atoms with Crippen LogP contribution in [0.1, 0.15) is 13.3 Å². The summed E-state index contributed by atoms with van der Waals surface area (Å²) in [6, 6.07) is 3.01. The maximum absolute atomic E-state index is 13.8. The van der Waals surface area contributed by atoms with Crippen LogP contribution in [0.5, 0.6) is 0 Å². The van der Waals surface area contributed by atoms with Crippen molar-refractivity contribution >= 4 is 17.3 Å². The monoisotopic (exact) mass is 267 g/mol. The molecular weight excluding hydrogens is 253 g/mol. The van der Waals surface area contributed by atoms with Gasteiger partial charge >= 0.3 is 0 Å². The smallest absolute Gasteiger partial charge is 0.272 e. The SMILES string of the molecule is CCNC1CCN(c2ccc([N+](=O)[O-])cc2F)C1=O. The van der Waals surface area contributed by atoms with Gasteiger partial charge in [-0.05, 0) is 19.0 Å². The Morgan fingerprint density at radius 3 is 2.89 bits per heavy atom. The van der Waals surface area contributed by atoms with Crippen LogP contribution < -0.4 is 10.2 Å². The average molecular weight is 267 g/mol. The minimum atomic E-state index is -0.750. The van der Waals surface area contributed by atoms with E-state index in [2.05, 4.69) is 5.32 Å². The number of carbonyl (C=O) groups is 1. The second kappa shape index (κ2) is 5.31. The van der Waals surface area contributed by atoms with Gasteiger partial charge in [0, 0.05) is 12.6 Å². The zero-order chi connectivity index (χ0) is 14.0. The molecule has 1 aromatic rings. The van der Waals surface area contributed by atoms with E-state index in [-0.39, 0.29) is 23.3 Å². The Bertz CT molecular complexity index is 521. The first kappa shape index (κ1) is 13.4. The van der Waals surface area contributed by atoms with Crippen LogP contribution in [0.2, 0.25) is 0 Å². The molecule has 2 rings (SSSR count). The Hall–Kier alpha value is -2.02. The zero-order valence-electron chi connectivity index (χ0n) is 10.4. The maximum atomic E-state index is 13.8. The Balaban J connectivity index is 2.24. The van der Waals surface area contributed by atoms with Gasteiger partial charge in [-0.15, -0.1) is 0 Å². The second-order valence-corrected chi connectivity index (χ2v) is 4.28. The van der Waals surface area contributed by atoms with Gasteiger partial charge in [-0.3, -0.25) is 14.9 Å². The minimum absolute atomic E-state index is 0.0935. The molecule has 1 unspecified atom stereocenters. The maximum Gasteiger partial charge on any atom is 0.272 e. The summed E-state index contributed by atoms with van der Waals surface area (Å²) in [5.41, 5.74) is -0.230. The molecule has 102 valence electrons. The second-order valence-electron chi connectivity index (χ2n) is 4.28. The summed E-state index contributed by atoms with van der Waals surface area (Å²) in [7, 11) is 0. The quantitative estimate of drug-likeness (QED) is 0.661. The van der Waals surface area contributed by atoms with E-state index in [4.69, 9.17) is 0 Å². The van der Waals surface area contributed by atoms with Crippen LogP contribution in [0.15, 0.2) is 18.2 Å². The number of nitro groups is 1. The van der Waals surface area contributed by atoms with Crippen molar-refractivity contribution in [2.45, 2.75) is 19.4 Å².